The van der Waals surface area contributed by atoms with E-state index < -0.39 is 18.2 Å². The van der Waals surface area contributed by atoms with Crippen molar-refractivity contribution in [3.05, 3.63) is 63.9 Å². The van der Waals surface area contributed by atoms with Gasteiger partial charge >= 0.3 is 6.36 Å². The lowest BCUT2D eigenvalue weighted by Gasteiger charge is -2.14. The van der Waals surface area contributed by atoms with Crippen LogP contribution < -0.4 is 10.5 Å². The molecule has 120 valence electrons. The van der Waals surface area contributed by atoms with Crippen molar-refractivity contribution >= 4 is 28.3 Å². The second-order valence-corrected chi connectivity index (χ2v) is 5.21. The third-order valence-electron chi connectivity index (χ3n) is 2.72. The number of rotatable bonds is 3. The minimum Gasteiger partial charge on any atom is -0.406 e. The zero-order valence-electron chi connectivity index (χ0n) is 10.9. The van der Waals surface area contributed by atoms with Crippen LogP contribution in [-0.2, 0) is 0 Å². The van der Waals surface area contributed by atoms with Crippen molar-refractivity contribution in [2.45, 2.75) is 12.4 Å². The lowest BCUT2D eigenvalue weighted by atomic mass is 9.99. The molecule has 22 heavy (non-hydrogen) atoms. The van der Waals surface area contributed by atoms with E-state index in [0.29, 0.717) is 15.6 Å². The minimum absolute atomic E-state index is 0. The van der Waals surface area contributed by atoms with Gasteiger partial charge in [-0.15, -0.1) is 25.6 Å². The van der Waals surface area contributed by atoms with Gasteiger partial charge in [0, 0.05) is 4.47 Å². The van der Waals surface area contributed by atoms with E-state index in [0.717, 1.165) is 12.1 Å². The Morgan fingerprint density at radius 3 is 2.09 bits per heavy atom. The monoisotopic (exact) mass is 399 g/mol. The first kappa shape index (κ1) is 18.7. The van der Waals surface area contributed by atoms with E-state index >= 15 is 0 Å². The molecule has 0 heterocycles. The summed E-state index contributed by atoms with van der Waals surface area (Å²) in [6.45, 7) is 0. The normalized spacial score (nSPS) is 12.5. The van der Waals surface area contributed by atoms with Crippen LogP contribution in [0.5, 0.6) is 5.75 Å². The molecule has 0 bridgehead atoms. The molecule has 2 rings (SSSR count). The van der Waals surface area contributed by atoms with Crippen LogP contribution in [0.1, 0.15) is 17.2 Å². The number of alkyl halides is 3. The average Bonchev–Trinajstić information content (AvgIpc) is 2.35. The van der Waals surface area contributed by atoms with Crippen LogP contribution in [0.2, 0.25) is 0 Å². The lowest BCUT2D eigenvalue weighted by molar-refractivity contribution is -0.274. The van der Waals surface area contributed by atoms with Gasteiger partial charge in [0.15, 0.2) is 0 Å². The molecular weight excluding hydrogens is 390 g/mol. The van der Waals surface area contributed by atoms with Gasteiger partial charge in [-0.3, -0.25) is 0 Å². The minimum atomic E-state index is -4.74. The zero-order valence-corrected chi connectivity index (χ0v) is 13.3. The second-order valence-electron chi connectivity index (χ2n) is 4.30. The third-order valence-corrected chi connectivity index (χ3v) is 3.17. The molecule has 0 aromatic heterocycles. The van der Waals surface area contributed by atoms with Crippen molar-refractivity contribution < 1.29 is 22.3 Å². The smallest absolute Gasteiger partial charge is 0.406 e. The van der Waals surface area contributed by atoms with Gasteiger partial charge in [-0.2, -0.15) is 0 Å². The molecule has 2 aromatic rings. The van der Waals surface area contributed by atoms with Crippen LogP contribution in [0.25, 0.3) is 0 Å². The summed E-state index contributed by atoms with van der Waals surface area (Å²) in [5.41, 5.74) is 7.03. The van der Waals surface area contributed by atoms with Gasteiger partial charge in [-0.1, -0.05) is 28.1 Å². The van der Waals surface area contributed by atoms with Crippen LogP contribution in [0.4, 0.5) is 17.6 Å². The topological polar surface area (TPSA) is 35.2 Å². The molecular formula is C14H11BrClF4NO. The highest BCUT2D eigenvalue weighted by molar-refractivity contribution is 9.10. The highest BCUT2D eigenvalue weighted by Crippen LogP contribution is 2.27. The zero-order chi connectivity index (χ0) is 15.6. The Kier molecular flexibility index (Phi) is 6.22. The van der Waals surface area contributed by atoms with Crippen LogP contribution >= 0.6 is 28.3 Å². The summed E-state index contributed by atoms with van der Waals surface area (Å²) in [6, 6.07) is 8.69. The van der Waals surface area contributed by atoms with Crippen molar-refractivity contribution in [1.82, 2.24) is 0 Å². The van der Waals surface area contributed by atoms with E-state index in [4.69, 9.17) is 5.73 Å². The number of hydrogen-bond donors (Lipinski definition) is 1. The van der Waals surface area contributed by atoms with Crippen LogP contribution in [0, 0.1) is 5.82 Å². The SMILES string of the molecule is Cl.N[C@H](c1ccc(OC(F)(F)F)cc1)c1cc(F)cc(Br)c1. The molecule has 2 aromatic carbocycles. The summed E-state index contributed by atoms with van der Waals surface area (Å²) in [7, 11) is 0. The average molecular weight is 401 g/mol. The molecule has 0 fully saturated rings. The molecule has 0 unspecified atom stereocenters. The Morgan fingerprint density at radius 2 is 1.59 bits per heavy atom. The van der Waals surface area contributed by atoms with Gasteiger partial charge in [0.1, 0.15) is 11.6 Å². The predicted octanol–water partition coefficient (Wildman–Crippen LogP) is 4.96. The summed E-state index contributed by atoms with van der Waals surface area (Å²) < 4.78 is 53.8. The molecule has 0 saturated carbocycles. The first-order chi connectivity index (χ1) is 9.74. The van der Waals surface area contributed by atoms with Gasteiger partial charge in [-0.05, 0) is 41.5 Å². The summed E-state index contributed by atoms with van der Waals surface area (Å²) in [4.78, 5) is 0. The highest BCUT2D eigenvalue weighted by atomic mass is 79.9. The molecule has 2 nitrogen and oxygen atoms in total. The molecule has 0 aliphatic rings. The Bertz CT molecular complexity index is 613. The van der Waals surface area contributed by atoms with Crippen LogP contribution in [0.3, 0.4) is 0 Å². The third kappa shape index (κ3) is 5.15. The van der Waals surface area contributed by atoms with E-state index in [1.165, 1.54) is 24.3 Å². The predicted molar refractivity (Wildman–Crippen MR) is 80.5 cm³/mol. The van der Waals surface area contributed by atoms with Gasteiger partial charge in [0.2, 0.25) is 0 Å². The maximum atomic E-state index is 13.3. The van der Waals surface area contributed by atoms with Crippen molar-refractivity contribution in [1.29, 1.82) is 0 Å². The Morgan fingerprint density at radius 1 is 1.00 bits per heavy atom. The Hall–Kier alpha value is -1.31. The second kappa shape index (κ2) is 7.30. The van der Waals surface area contributed by atoms with Crippen molar-refractivity contribution in [2.75, 3.05) is 0 Å². The fourth-order valence-corrected chi connectivity index (χ4v) is 2.31. The maximum Gasteiger partial charge on any atom is 0.573 e. The van der Waals surface area contributed by atoms with Crippen molar-refractivity contribution in [3.63, 3.8) is 0 Å². The summed E-state index contributed by atoms with van der Waals surface area (Å²) >= 11 is 3.16. The molecule has 0 aliphatic heterocycles. The Balaban J connectivity index is 0.00000242. The fourth-order valence-electron chi connectivity index (χ4n) is 1.82. The van der Waals surface area contributed by atoms with Crippen molar-refractivity contribution in [3.8, 4) is 5.75 Å². The van der Waals surface area contributed by atoms with E-state index in [2.05, 4.69) is 20.7 Å². The van der Waals surface area contributed by atoms with Crippen molar-refractivity contribution in [2.24, 2.45) is 5.73 Å². The maximum absolute atomic E-state index is 13.3. The van der Waals surface area contributed by atoms with E-state index in [1.807, 2.05) is 0 Å². The first-order valence-electron chi connectivity index (χ1n) is 5.82. The fraction of sp³-hybridized carbons (Fsp3) is 0.143. The van der Waals surface area contributed by atoms with Crippen LogP contribution in [-0.4, -0.2) is 6.36 Å². The van der Waals surface area contributed by atoms with Crippen LogP contribution in [0.15, 0.2) is 46.9 Å². The lowest BCUT2D eigenvalue weighted by Crippen LogP contribution is -2.17. The summed E-state index contributed by atoms with van der Waals surface area (Å²) in [5, 5.41) is 0. The first-order valence-corrected chi connectivity index (χ1v) is 6.61. The molecule has 0 saturated heterocycles. The van der Waals surface area contributed by atoms with E-state index in [-0.39, 0.29) is 18.2 Å². The molecule has 0 radical (unpaired) electrons. The number of hydrogen-bond acceptors (Lipinski definition) is 2. The number of ether oxygens (including phenoxy) is 1. The highest BCUT2D eigenvalue weighted by Gasteiger charge is 2.31. The van der Waals surface area contributed by atoms with Gasteiger partial charge in [0.05, 0.1) is 6.04 Å². The molecule has 0 spiro atoms. The van der Waals surface area contributed by atoms with Gasteiger partial charge < -0.3 is 10.5 Å². The van der Waals surface area contributed by atoms with Gasteiger partial charge in [0.25, 0.3) is 0 Å². The standard InChI is InChI=1S/C14H10BrF4NO.ClH/c15-10-5-9(6-11(16)7-10)13(20)8-1-3-12(4-2-8)21-14(17,18)19;/h1-7,13H,20H2;1H/t13-;/m1./s1. The quantitative estimate of drug-likeness (QED) is 0.740. The van der Waals surface area contributed by atoms with Gasteiger partial charge in [-0.25, -0.2) is 4.39 Å². The number of benzene rings is 2. The Labute approximate surface area is 138 Å². The molecule has 8 heteroatoms. The molecule has 1 atom stereocenters. The molecule has 0 amide bonds. The largest absolute Gasteiger partial charge is 0.573 e. The number of nitrogens with two attached hydrogens (primary N) is 1. The van der Waals surface area contributed by atoms with E-state index in [1.54, 1.807) is 6.07 Å². The summed E-state index contributed by atoms with van der Waals surface area (Å²) in [6.07, 6.45) is -4.74. The summed E-state index contributed by atoms with van der Waals surface area (Å²) in [5.74, 6) is -0.786. The number of halogens is 6. The molecule has 2 N–H and O–H groups in total. The molecule has 0 aliphatic carbocycles. The van der Waals surface area contributed by atoms with E-state index in [9.17, 15) is 17.6 Å².